The molecule has 3 aliphatic heterocycles. The molecule has 3 aliphatic rings. The van der Waals surface area contributed by atoms with E-state index >= 15 is 0 Å². The summed E-state index contributed by atoms with van der Waals surface area (Å²) in [6.07, 6.45) is 4.57. The number of ether oxygens (including phenoxy) is 2. The lowest BCUT2D eigenvalue weighted by atomic mass is 9.94. The lowest BCUT2D eigenvalue weighted by Crippen LogP contribution is -2.49. The molecule has 3 heterocycles. The number of nitrogens with zero attached hydrogens (tertiary/aromatic N) is 3. The molecule has 138 valence electrons. The van der Waals surface area contributed by atoms with Crippen molar-refractivity contribution in [3.05, 3.63) is 0 Å². The third-order valence-corrected chi connectivity index (χ3v) is 5.75. The van der Waals surface area contributed by atoms with Crippen LogP contribution in [0.2, 0.25) is 0 Å². The standard InChI is InChI=1S/C18H33N3O3/c1-19-7-4-17(5-8-19)21-6-2-3-16(15-21)18(22)24-14-11-20-9-12-23-13-10-20/h16-17H,2-15H2,1H3. The third kappa shape index (κ3) is 5.15. The minimum atomic E-state index is 0.0147. The number of rotatable bonds is 5. The molecule has 3 fully saturated rings. The van der Waals surface area contributed by atoms with Gasteiger partial charge in [-0.1, -0.05) is 0 Å². The van der Waals surface area contributed by atoms with Gasteiger partial charge in [-0.05, 0) is 52.4 Å². The molecule has 0 saturated carbocycles. The molecule has 0 aromatic heterocycles. The average molecular weight is 339 g/mol. The van der Waals surface area contributed by atoms with Crippen LogP contribution in [0.5, 0.6) is 0 Å². The molecule has 0 radical (unpaired) electrons. The summed E-state index contributed by atoms with van der Waals surface area (Å²) in [5.41, 5.74) is 0. The summed E-state index contributed by atoms with van der Waals surface area (Å²) in [4.78, 5) is 19.7. The fourth-order valence-electron chi connectivity index (χ4n) is 4.11. The van der Waals surface area contributed by atoms with Crippen LogP contribution in [0.1, 0.15) is 25.7 Å². The summed E-state index contributed by atoms with van der Waals surface area (Å²) in [6.45, 7) is 9.23. The molecule has 1 atom stereocenters. The molecule has 3 saturated heterocycles. The van der Waals surface area contributed by atoms with E-state index in [2.05, 4.69) is 21.7 Å². The van der Waals surface area contributed by atoms with E-state index in [4.69, 9.17) is 9.47 Å². The highest BCUT2D eigenvalue weighted by atomic mass is 16.5. The number of likely N-dealkylation sites (tertiary alicyclic amines) is 2. The second-order valence-corrected chi connectivity index (χ2v) is 7.49. The molecule has 1 unspecified atom stereocenters. The van der Waals surface area contributed by atoms with Crippen molar-refractivity contribution in [2.45, 2.75) is 31.7 Å². The zero-order chi connectivity index (χ0) is 16.8. The van der Waals surface area contributed by atoms with Crippen molar-refractivity contribution in [3.8, 4) is 0 Å². The molecule has 0 aliphatic carbocycles. The Morgan fingerprint density at radius 3 is 2.58 bits per heavy atom. The minimum Gasteiger partial charge on any atom is -0.464 e. The summed E-state index contributed by atoms with van der Waals surface area (Å²) in [7, 11) is 2.20. The first-order valence-electron chi connectivity index (χ1n) is 9.61. The molecule has 3 rings (SSSR count). The Balaban J connectivity index is 1.38. The third-order valence-electron chi connectivity index (χ3n) is 5.75. The maximum atomic E-state index is 12.4. The van der Waals surface area contributed by atoms with Crippen LogP contribution in [0.3, 0.4) is 0 Å². The van der Waals surface area contributed by atoms with Gasteiger partial charge < -0.3 is 14.4 Å². The van der Waals surface area contributed by atoms with Crippen molar-refractivity contribution in [1.29, 1.82) is 0 Å². The predicted molar refractivity (Wildman–Crippen MR) is 93.0 cm³/mol. The SMILES string of the molecule is CN1CCC(N2CCCC(C(=O)OCCN3CCOCC3)C2)CC1. The normalized spacial score (nSPS) is 28.8. The van der Waals surface area contributed by atoms with Crippen molar-refractivity contribution in [1.82, 2.24) is 14.7 Å². The van der Waals surface area contributed by atoms with Gasteiger partial charge in [-0.3, -0.25) is 14.6 Å². The number of carbonyl (C=O) groups excluding carboxylic acids is 1. The number of hydrogen-bond acceptors (Lipinski definition) is 6. The first-order valence-corrected chi connectivity index (χ1v) is 9.61. The molecule has 0 aromatic carbocycles. The van der Waals surface area contributed by atoms with Crippen LogP contribution in [0.25, 0.3) is 0 Å². The molecule has 0 N–H and O–H groups in total. The van der Waals surface area contributed by atoms with E-state index in [1.54, 1.807) is 0 Å². The van der Waals surface area contributed by atoms with Crippen molar-refractivity contribution in [3.63, 3.8) is 0 Å². The van der Waals surface area contributed by atoms with E-state index in [0.717, 1.165) is 58.8 Å². The van der Waals surface area contributed by atoms with E-state index in [9.17, 15) is 4.79 Å². The fraction of sp³-hybridized carbons (Fsp3) is 0.944. The van der Waals surface area contributed by atoms with Gasteiger partial charge in [0, 0.05) is 32.2 Å². The van der Waals surface area contributed by atoms with E-state index in [1.165, 1.54) is 25.9 Å². The molecule has 0 bridgehead atoms. The van der Waals surface area contributed by atoms with Crippen molar-refractivity contribution >= 4 is 5.97 Å². The second-order valence-electron chi connectivity index (χ2n) is 7.49. The highest BCUT2D eigenvalue weighted by molar-refractivity contribution is 5.72. The lowest BCUT2D eigenvalue weighted by Gasteiger charge is -2.41. The summed E-state index contributed by atoms with van der Waals surface area (Å²) in [5.74, 6) is 0.0870. The Morgan fingerprint density at radius 2 is 1.83 bits per heavy atom. The summed E-state index contributed by atoms with van der Waals surface area (Å²) < 4.78 is 10.9. The topological polar surface area (TPSA) is 45.2 Å². The number of esters is 1. The van der Waals surface area contributed by atoms with Gasteiger partial charge in [0.2, 0.25) is 0 Å². The Labute approximate surface area is 146 Å². The molecule has 0 spiro atoms. The Hall–Kier alpha value is -0.690. The highest BCUT2D eigenvalue weighted by Crippen LogP contribution is 2.24. The predicted octanol–water partition coefficient (Wildman–Crippen LogP) is 0.668. The first kappa shape index (κ1) is 18.1. The summed E-state index contributed by atoms with van der Waals surface area (Å²) in [5, 5.41) is 0. The Kier molecular flexibility index (Phi) is 6.89. The second kappa shape index (κ2) is 9.13. The van der Waals surface area contributed by atoms with Gasteiger partial charge in [0.1, 0.15) is 6.61 Å². The van der Waals surface area contributed by atoms with Crippen LogP contribution in [0.4, 0.5) is 0 Å². The fourth-order valence-corrected chi connectivity index (χ4v) is 4.11. The van der Waals surface area contributed by atoms with E-state index in [1.807, 2.05) is 0 Å². The van der Waals surface area contributed by atoms with Crippen molar-refractivity contribution in [2.75, 3.05) is 72.7 Å². The van der Waals surface area contributed by atoms with Crippen molar-refractivity contribution < 1.29 is 14.3 Å². The number of hydrogen-bond donors (Lipinski definition) is 0. The molecule has 24 heavy (non-hydrogen) atoms. The van der Waals surface area contributed by atoms with Gasteiger partial charge in [-0.25, -0.2) is 0 Å². The van der Waals surface area contributed by atoms with Gasteiger partial charge in [0.15, 0.2) is 0 Å². The molecule has 6 nitrogen and oxygen atoms in total. The van der Waals surface area contributed by atoms with Crippen LogP contribution >= 0.6 is 0 Å². The molecular weight excluding hydrogens is 306 g/mol. The van der Waals surface area contributed by atoms with Gasteiger partial charge in [-0.15, -0.1) is 0 Å². The Morgan fingerprint density at radius 1 is 1.08 bits per heavy atom. The Bertz CT molecular complexity index is 393. The average Bonchev–Trinajstić information content (AvgIpc) is 2.63. The van der Waals surface area contributed by atoms with Gasteiger partial charge in [-0.2, -0.15) is 0 Å². The largest absolute Gasteiger partial charge is 0.464 e. The van der Waals surface area contributed by atoms with Gasteiger partial charge >= 0.3 is 5.97 Å². The van der Waals surface area contributed by atoms with Gasteiger partial charge in [0.25, 0.3) is 0 Å². The maximum Gasteiger partial charge on any atom is 0.310 e. The van der Waals surface area contributed by atoms with Gasteiger partial charge in [0.05, 0.1) is 19.1 Å². The van der Waals surface area contributed by atoms with E-state index in [0.29, 0.717) is 12.6 Å². The highest BCUT2D eigenvalue weighted by Gasteiger charge is 2.31. The minimum absolute atomic E-state index is 0.0147. The zero-order valence-electron chi connectivity index (χ0n) is 15.1. The number of carbonyl (C=O) groups is 1. The monoisotopic (exact) mass is 339 g/mol. The quantitative estimate of drug-likeness (QED) is 0.686. The summed E-state index contributed by atoms with van der Waals surface area (Å²) in [6, 6.07) is 0.658. The molecular formula is C18H33N3O3. The van der Waals surface area contributed by atoms with Crippen LogP contribution in [-0.4, -0.2) is 99.4 Å². The summed E-state index contributed by atoms with van der Waals surface area (Å²) >= 11 is 0. The van der Waals surface area contributed by atoms with E-state index in [-0.39, 0.29) is 11.9 Å². The van der Waals surface area contributed by atoms with E-state index < -0.39 is 0 Å². The molecule has 0 amide bonds. The molecule has 6 heteroatoms. The number of piperidine rings is 2. The first-order chi connectivity index (χ1) is 11.7. The molecule has 0 aromatic rings. The smallest absolute Gasteiger partial charge is 0.310 e. The lowest BCUT2D eigenvalue weighted by molar-refractivity contribution is -0.151. The van der Waals surface area contributed by atoms with Crippen LogP contribution < -0.4 is 0 Å². The van der Waals surface area contributed by atoms with Crippen LogP contribution in [0, 0.1) is 5.92 Å². The van der Waals surface area contributed by atoms with Crippen LogP contribution in [-0.2, 0) is 14.3 Å². The van der Waals surface area contributed by atoms with Crippen molar-refractivity contribution in [2.24, 2.45) is 5.92 Å². The maximum absolute atomic E-state index is 12.4. The number of morpholine rings is 1. The van der Waals surface area contributed by atoms with Crippen LogP contribution in [0.15, 0.2) is 0 Å². The zero-order valence-corrected chi connectivity index (χ0v) is 15.1.